The predicted molar refractivity (Wildman–Crippen MR) is 108 cm³/mol. The minimum Gasteiger partial charge on any atom is -0.491 e. The lowest BCUT2D eigenvalue weighted by Crippen LogP contribution is -2.30. The van der Waals surface area contributed by atoms with Gasteiger partial charge in [0.1, 0.15) is 0 Å². The molecule has 0 aliphatic carbocycles. The molecule has 2 aromatic rings. The smallest absolute Gasteiger partial charge is 0.286 e. The van der Waals surface area contributed by atoms with Crippen LogP contribution in [0.4, 0.5) is 0 Å². The number of H-pyrrole nitrogens is 1. The van der Waals surface area contributed by atoms with E-state index in [0.717, 1.165) is 42.7 Å². The van der Waals surface area contributed by atoms with Gasteiger partial charge in [-0.3, -0.25) is 4.79 Å². The van der Waals surface area contributed by atoms with E-state index in [2.05, 4.69) is 41.2 Å². The molecule has 0 fully saturated rings. The van der Waals surface area contributed by atoms with E-state index >= 15 is 0 Å². The number of nitrogens with one attached hydrogen (secondary N) is 2. The summed E-state index contributed by atoms with van der Waals surface area (Å²) in [6.45, 7) is 7.99. The second-order valence-electron chi connectivity index (χ2n) is 6.04. The number of rotatable bonds is 10. The van der Waals surface area contributed by atoms with Gasteiger partial charge >= 0.3 is 0 Å². The topological polar surface area (TPSA) is 57.4 Å². The van der Waals surface area contributed by atoms with Crippen LogP contribution in [0.2, 0.25) is 0 Å². The average molecular weight is 355 g/mol. The van der Waals surface area contributed by atoms with Crippen LogP contribution in [0.15, 0.2) is 48.2 Å². The summed E-state index contributed by atoms with van der Waals surface area (Å²) in [5, 5.41) is 4.07. The number of para-hydroxylation sites is 1. The van der Waals surface area contributed by atoms with Crippen molar-refractivity contribution in [3.63, 3.8) is 0 Å². The fourth-order valence-electron chi connectivity index (χ4n) is 2.79. The SMILES string of the molecule is CCN(CC)CCCNC(=O)/C(=C/C=C/c1cc2ccccc2[nH]1)OC. The van der Waals surface area contributed by atoms with Crippen molar-refractivity contribution < 1.29 is 9.53 Å². The van der Waals surface area contributed by atoms with Crippen molar-refractivity contribution in [2.75, 3.05) is 33.3 Å². The van der Waals surface area contributed by atoms with Crippen molar-refractivity contribution in [2.45, 2.75) is 20.3 Å². The van der Waals surface area contributed by atoms with E-state index in [-0.39, 0.29) is 5.91 Å². The van der Waals surface area contributed by atoms with E-state index in [1.165, 1.54) is 7.11 Å². The zero-order valence-electron chi connectivity index (χ0n) is 15.9. The lowest BCUT2D eigenvalue weighted by atomic mass is 10.2. The third kappa shape index (κ3) is 5.77. The van der Waals surface area contributed by atoms with Crippen molar-refractivity contribution in [3.05, 3.63) is 53.9 Å². The van der Waals surface area contributed by atoms with E-state index in [4.69, 9.17) is 4.74 Å². The summed E-state index contributed by atoms with van der Waals surface area (Å²) in [5.41, 5.74) is 2.08. The summed E-state index contributed by atoms with van der Waals surface area (Å²) in [6.07, 6.45) is 6.35. The van der Waals surface area contributed by atoms with Crippen LogP contribution in [0.25, 0.3) is 17.0 Å². The van der Waals surface area contributed by atoms with Crippen LogP contribution in [0, 0.1) is 0 Å². The molecular weight excluding hydrogens is 326 g/mol. The zero-order chi connectivity index (χ0) is 18.8. The highest BCUT2D eigenvalue weighted by Gasteiger charge is 2.08. The summed E-state index contributed by atoms with van der Waals surface area (Å²) in [5.74, 6) is 0.119. The summed E-state index contributed by atoms with van der Waals surface area (Å²) in [6, 6.07) is 10.2. The molecule has 1 aromatic carbocycles. The number of benzene rings is 1. The quantitative estimate of drug-likeness (QED) is 0.296. The fourth-order valence-corrected chi connectivity index (χ4v) is 2.79. The summed E-state index contributed by atoms with van der Waals surface area (Å²) < 4.78 is 5.21. The number of amides is 1. The Kier molecular flexibility index (Phi) is 7.96. The highest BCUT2D eigenvalue weighted by Crippen LogP contribution is 2.15. The molecule has 1 amide bonds. The van der Waals surface area contributed by atoms with Gasteiger partial charge in [-0.1, -0.05) is 38.1 Å². The van der Waals surface area contributed by atoms with Crippen LogP contribution in [0.3, 0.4) is 0 Å². The van der Waals surface area contributed by atoms with Gasteiger partial charge in [-0.05, 0) is 55.7 Å². The van der Waals surface area contributed by atoms with E-state index < -0.39 is 0 Å². The molecular formula is C21H29N3O2. The monoisotopic (exact) mass is 355 g/mol. The van der Waals surface area contributed by atoms with Crippen molar-refractivity contribution in [1.29, 1.82) is 0 Å². The lowest BCUT2D eigenvalue weighted by Gasteiger charge is -2.17. The molecule has 5 nitrogen and oxygen atoms in total. The summed E-state index contributed by atoms with van der Waals surface area (Å²) >= 11 is 0. The maximum absolute atomic E-state index is 12.2. The Bertz CT molecular complexity index is 724. The number of ether oxygens (including phenoxy) is 1. The number of aromatic amines is 1. The molecule has 1 heterocycles. The molecule has 0 saturated carbocycles. The Labute approximate surface area is 155 Å². The van der Waals surface area contributed by atoms with Gasteiger partial charge in [0.25, 0.3) is 5.91 Å². The normalized spacial score (nSPS) is 12.2. The van der Waals surface area contributed by atoms with Crippen LogP contribution in [-0.4, -0.2) is 49.1 Å². The number of carbonyl (C=O) groups is 1. The number of aromatic nitrogens is 1. The molecule has 140 valence electrons. The van der Waals surface area contributed by atoms with Crippen LogP contribution in [0.5, 0.6) is 0 Å². The number of hydrogen-bond donors (Lipinski definition) is 2. The Morgan fingerprint density at radius 3 is 2.73 bits per heavy atom. The molecule has 26 heavy (non-hydrogen) atoms. The average Bonchev–Trinajstić information content (AvgIpc) is 3.08. The maximum atomic E-state index is 12.2. The van der Waals surface area contributed by atoms with Crippen molar-refractivity contribution in [2.24, 2.45) is 0 Å². The first-order valence-corrected chi connectivity index (χ1v) is 9.18. The van der Waals surface area contributed by atoms with Crippen molar-refractivity contribution in [1.82, 2.24) is 15.2 Å². The molecule has 0 atom stereocenters. The molecule has 2 rings (SSSR count). The minimum atomic E-state index is -0.187. The summed E-state index contributed by atoms with van der Waals surface area (Å²) in [4.78, 5) is 17.8. The highest BCUT2D eigenvalue weighted by molar-refractivity contribution is 5.91. The second kappa shape index (κ2) is 10.5. The first kappa shape index (κ1) is 19.8. The van der Waals surface area contributed by atoms with Gasteiger partial charge in [0, 0.05) is 17.8 Å². The zero-order valence-corrected chi connectivity index (χ0v) is 15.9. The third-order valence-corrected chi connectivity index (χ3v) is 4.35. The Balaban J connectivity index is 1.86. The largest absolute Gasteiger partial charge is 0.491 e. The number of nitrogens with zero attached hydrogens (tertiary/aromatic N) is 1. The molecule has 1 aromatic heterocycles. The Morgan fingerprint density at radius 2 is 2.04 bits per heavy atom. The van der Waals surface area contributed by atoms with Gasteiger partial charge in [0.2, 0.25) is 0 Å². The maximum Gasteiger partial charge on any atom is 0.286 e. The number of carbonyl (C=O) groups excluding carboxylic acids is 1. The molecule has 0 radical (unpaired) electrons. The standard InChI is InChI=1S/C21H29N3O2/c1-4-24(5-2)15-9-14-22-21(25)20(26-3)13-8-11-18-16-17-10-6-7-12-19(17)23-18/h6-8,10-13,16,23H,4-5,9,14-15H2,1-3H3,(H,22,25)/b11-8+,20-13-. The van der Waals surface area contributed by atoms with Crippen molar-refractivity contribution in [3.8, 4) is 0 Å². The van der Waals surface area contributed by atoms with E-state index in [1.807, 2.05) is 30.4 Å². The fraction of sp³-hybridized carbons (Fsp3) is 0.381. The molecule has 0 aliphatic rings. The molecule has 0 spiro atoms. The highest BCUT2D eigenvalue weighted by atomic mass is 16.5. The molecule has 2 N–H and O–H groups in total. The summed E-state index contributed by atoms with van der Waals surface area (Å²) in [7, 11) is 1.51. The molecule has 0 aliphatic heterocycles. The first-order valence-electron chi connectivity index (χ1n) is 9.18. The molecule has 0 saturated heterocycles. The first-order chi connectivity index (χ1) is 12.7. The van der Waals surface area contributed by atoms with Gasteiger partial charge < -0.3 is 19.9 Å². The predicted octanol–water partition coefficient (Wildman–Crippen LogP) is 3.56. The van der Waals surface area contributed by atoms with Crippen LogP contribution in [0.1, 0.15) is 26.0 Å². The molecule has 0 bridgehead atoms. The van der Waals surface area contributed by atoms with Crippen LogP contribution in [-0.2, 0) is 9.53 Å². The number of fused-ring (bicyclic) bond motifs is 1. The van der Waals surface area contributed by atoms with E-state index in [9.17, 15) is 4.79 Å². The van der Waals surface area contributed by atoms with Gasteiger partial charge in [-0.25, -0.2) is 0 Å². The molecule has 5 heteroatoms. The van der Waals surface area contributed by atoms with Gasteiger partial charge in [-0.15, -0.1) is 0 Å². The van der Waals surface area contributed by atoms with Gasteiger partial charge in [0.15, 0.2) is 5.76 Å². The molecule has 0 unspecified atom stereocenters. The van der Waals surface area contributed by atoms with E-state index in [1.54, 1.807) is 6.08 Å². The second-order valence-corrected chi connectivity index (χ2v) is 6.04. The van der Waals surface area contributed by atoms with Crippen LogP contribution >= 0.6 is 0 Å². The van der Waals surface area contributed by atoms with Gasteiger partial charge in [-0.2, -0.15) is 0 Å². The lowest BCUT2D eigenvalue weighted by molar-refractivity contribution is -0.120. The van der Waals surface area contributed by atoms with E-state index in [0.29, 0.717) is 12.3 Å². The Hall–Kier alpha value is -2.53. The number of hydrogen-bond acceptors (Lipinski definition) is 3. The third-order valence-electron chi connectivity index (χ3n) is 4.35. The van der Waals surface area contributed by atoms with Crippen molar-refractivity contribution >= 4 is 22.9 Å². The van der Waals surface area contributed by atoms with Crippen LogP contribution < -0.4 is 5.32 Å². The number of allylic oxidation sites excluding steroid dienone is 2. The minimum absolute atomic E-state index is 0.187. The Morgan fingerprint density at radius 1 is 1.27 bits per heavy atom. The number of methoxy groups -OCH3 is 1. The van der Waals surface area contributed by atoms with Gasteiger partial charge in [0.05, 0.1) is 7.11 Å².